The van der Waals surface area contributed by atoms with Crippen molar-refractivity contribution in [1.82, 2.24) is 0 Å². The Kier molecular flexibility index (Phi) is 11.6. The van der Waals surface area contributed by atoms with Crippen molar-refractivity contribution in [3.8, 4) is 33.4 Å². The van der Waals surface area contributed by atoms with E-state index in [0.717, 1.165) is 25.7 Å². The molecular weight excluding hydrogens is 887 g/mol. The third-order valence-electron chi connectivity index (χ3n) is 15.2. The molecule has 4 unspecified atom stereocenters. The summed E-state index contributed by atoms with van der Waals surface area (Å²) in [7, 11) is 18.2. The van der Waals surface area contributed by atoms with Crippen molar-refractivity contribution in [3.05, 3.63) is 170 Å². The van der Waals surface area contributed by atoms with Gasteiger partial charge in [-0.25, -0.2) is 0 Å². The molecule has 2 aliphatic carbocycles. The molecule has 0 fully saturated rings. The van der Waals surface area contributed by atoms with Crippen LogP contribution in [0.1, 0.15) is 117 Å². The fourth-order valence-corrected chi connectivity index (χ4v) is 40.1. The van der Waals surface area contributed by atoms with Crippen LogP contribution in [0.15, 0.2) is 114 Å². The summed E-state index contributed by atoms with van der Waals surface area (Å²) in [5, 5.41) is 2.99. The SMILES string of the molecule is CCc1ccc2c(c1-c1cc(C)cc(C)c1)C=C(C(C)CC)[CH]2[Zr]([Cl])([Cl])([c]1cccc2c1[SiH2]c1ccccc1-2)[CH]1C(C(C)CC)=Cc2c1ccc(CC)c2-c1cc(C)cc(C)c1. The van der Waals surface area contributed by atoms with Gasteiger partial charge in [0.25, 0.3) is 0 Å². The first-order valence-corrected chi connectivity index (χ1v) is 35.2. The molecule has 6 aromatic rings. The first kappa shape index (κ1) is 43.7. The van der Waals surface area contributed by atoms with E-state index in [0.29, 0.717) is 11.8 Å². The number of fused-ring (bicyclic) bond motifs is 5. The molecule has 1 aliphatic heterocycles. The predicted octanol–water partition coefficient (Wildman–Crippen LogP) is 14.5. The molecule has 0 bridgehead atoms. The van der Waals surface area contributed by atoms with E-state index in [1.165, 1.54) is 114 Å². The number of rotatable bonds is 11. The summed E-state index contributed by atoms with van der Waals surface area (Å²) in [6, 6.07) is 40.2. The first-order chi connectivity index (χ1) is 29.7. The fraction of sp³-hybridized carbons (Fsp3) is 0.310. The molecule has 6 aromatic carbocycles. The van der Waals surface area contributed by atoms with Crippen molar-refractivity contribution in [2.24, 2.45) is 11.8 Å². The van der Waals surface area contributed by atoms with Crippen LogP contribution in [0.3, 0.4) is 0 Å². The van der Waals surface area contributed by atoms with Crippen LogP contribution in [0.5, 0.6) is 0 Å². The summed E-state index contributed by atoms with van der Waals surface area (Å²) >= 11 is -5.76. The van der Waals surface area contributed by atoms with Gasteiger partial charge in [-0.1, -0.05) is 0 Å². The van der Waals surface area contributed by atoms with E-state index in [9.17, 15) is 17.0 Å². The zero-order chi connectivity index (χ0) is 43.9. The van der Waals surface area contributed by atoms with Crippen LogP contribution < -0.4 is 13.6 Å². The first-order valence-electron chi connectivity index (χ1n) is 23.4. The van der Waals surface area contributed by atoms with E-state index in [-0.39, 0.29) is 7.25 Å². The Morgan fingerprint density at radius 2 is 1.00 bits per heavy atom. The molecule has 0 saturated heterocycles. The van der Waals surface area contributed by atoms with Gasteiger partial charge in [0, 0.05) is 0 Å². The average molecular weight is 950 g/mol. The molecule has 0 nitrogen and oxygen atoms in total. The maximum absolute atomic E-state index is 9.57. The summed E-state index contributed by atoms with van der Waals surface area (Å²) in [4.78, 5) is 0. The van der Waals surface area contributed by atoms with Gasteiger partial charge in [-0.05, 0) is 0 Å². The third kappa shape index (κ3) is 6.84. The molecule has 0 spiro atoms. The molecule has 4 atom stereocenters. The Morgan fingerprint density at radius 3 is 1.45 bits per heavy atom. The topological polar surface area (TPSA) is 0 Å². The molecule has 0 amide bonds. The van der Waals surface area contributed by atoms with Crippen LogP contribution >= 0.6 is 17.0 Å². The number of hydrogen-bond acceptors (Lipinski definition) is 0. The van der Waals surface area contributed by atoms with E-state index in [1.807, 2.05) is 0 Å². The van der Waals surface area contributed by atoms with Crippen molar-refractivity contribution in [3.63, 3.8) is 0 Å². The normalized spacial score (nSPS) is 18.4. The second kappa shape index (κ2) is 16.5. The van der Waals surface area contributed by atoms with E-state index in [4.69, 9.17) is 0 Å². The molecule has 0 aromatic heterocycles. The van der Waals surface area contributed by atoms with Gasteiger partial charge in [-0.2, -0.15) is 0 Å². The number of hydrogen-bond donors (Lipinski definition) is 0. The minimum atomic E-state index is -5.76. The van der Waals surface area contributed by atoms with E-state index in [2.05, 4.69) is 185 Å². The maximum atomic E-state index is 9.57. The van der Waals surface area contributed by atoms with Gasteiger partial charge < -0.3 is 0 Å². The molecule has 0 N–H and O–H groups in total. The second-order valence-corrected chi connectivity index (χ2v) is 41.7. The second-order valence-electron chi connectivity index (χ2n) is 19.3. The van der Waals surface area contributed by atoms with E-state index in [1.54, 1.807) is 0 Å². The molecule has 0 radical (unpaired) electrons. The van der Waals surface area contributed by atoms with Crippen LogP contribution in [0.4, 0.5) is 0 Å². The fourth-order valence-electron chi connectivity index (χ4n) is 12.1. The number of aryl methyl sites for hydroxylation is 6. The summed E-state index contributed by atoms with van der Waals surface area (Å²) < 4.78 is 1.10. The molecular formula is C58H63Cl2SiZr. The van der Waals surface area contributed by atoms with Crippen molar-refractivity contribution in [1.29, 1.82) is 0 Å². The molecule has 1 heterocycles. The van der Waals surface area contributed by atoms with Crippen molar-refractivity contribution < 1.29 is 16.4 Å². The minimum absolute atomic E-state index is 0.108. The zero-order valence-corrected chi connectivity index (χ0v) is 44.0. The zero-order valence-electron chi connectivity index (χ0n) is 38.6. The molecule has 4 heteroatoms. The monoisotopic (exact) mass is 947 g/mol. The van der Waals surface area contributed by atoms with Crippen LogP contribution in [0, 0.1) is 39.5 Å². The number of halogens is 2. The molecule has 62 heavy (non-hydrogen) atoms. The van der Waals surface area contributed by atoms with E-state index < -0.39 is 25.9 Å². The van der Waals surface area contributed by atoms with Crippen LogP contribution in [0.25, 0.3) is 45.5 Å². The summed E-state index contributed by atoms with van der Waals surface area (Å²) in [6.07, 6.45) is 9.15. The van der Waals surface area contributed by atoms with Gasteiger partial charge in [0.15, 0.2) is 0 Å². The average Bonchev–Trinajstić information content (AvgIpc) is 3.97. The van der Waals surface area contributed by atoms with Crippen molar-refractivity contribution in [2.45, 2.75) is 102 Å². The van der Waals surface area contributed by atoms with Crippen molar-refractivity contribution in [2.75, 3.05) is 0 Å². The predicted molar refractivity (Wildman–Crippen MR) is 273 cm³/mol. The van der Waals surface area contributed by atoms with Gasteiger partial charge in [0.1, 0.15) is 0 Å². The Hall–Kier alpha value is -3.52. The standard InChI is InChI=1S/2C23H27.C12H9Si.2ClH.Zr/c2*1-6-17(5)20-13-19-9-8-18(7-2)23(22(19)14-20)21-11-15(3)10-16(4)12-21;1-3-7-11-9(5-1)10-6-2-4-8-12(10)13-11;;;/h2*8-14,17H,6-7H2,1-5H3;1-7H,13H2;2*1H;/q;;;;;+2/p-2. The van der Waals surface area contributed by atoms with Crippen LogP contribution in [-0.2, 0) is 29.2 Å². The Bertz CT molecular complexity index is 2670. The van der Waals surface area contributed by atoms with Crippen LogP contribution in [0.2, 0.25) is 0 Å². The third-order valence-corrected chi connectivity index (χ3v) is 37.8. The Balaban J connectivity index is 1.43. The Morgan fingerprint density at radius 1 is 0.548 bits per heavy atom. The molecule has 317 valence electrons. The molecule has 0 saturated carbocycles. The Labute approximate surface area is 383 Å². The summed E-state index contributed by atoms with van der Waals surface area (Å²) in [5.41, 5.74) is 24.2. The van der Waals surface area contributed by atoms with Crippen molar-refractivity contribution >= 4 is 52.3 Å². The quantitative estimate of drug-likeness (QED) is 0.113. The van der Waals surface area contributed by atoms with Gasteiger partial charge >= 0.3 is 386 Å². The molecule has 9 rings (SSSR count). The van der Waals surface area contributed by atoms with Gasteiger partial charge in [0.05, 0.1) is 0 Å². The van der Waals surface area contributed by atoms with Gasteiger partial charge in [0.2, 0.25) is 0 Å². The summed E-state index contributed by atoms with van der Waals surface area (Å²) in [6.45, 7) is 23.1. The van der Waals surface area contributed by atoms with Crippen LogP contribution in [-0.4, -0.2) is 9.52 Å². The van der Waals surface area contributed by atoms with Gasteiger partial charge in [-0.3, -0.25) is 0 Å². The van der Waals surface area contributed by atoms with Gasteiger partial charge in [-0.15, -0.1) is 0 Å². The number of allylic oxidation sites excluding steroid dienone is 2. The number of benzene rings is 6. The summed E-state index contributed by atoms with van der Waals surface area (Å²) in [5.74, 6) is 0.595. The molecule has 3 aliphatic rings. The van der Waals surface area contributed by atoms with E-state index >= 15 is 0 Å².